The van der Waals surface area contributed by atoms with Gasteiger partial charge in [-0.05, 0) is 56.4 Å². The lowest BCUT2D eigenvalue weighted by Gasteiger charge is -2.37. The zero-order valence-electron chi connectivity index (χ0n) is 11.9. The van der Waals surface area contributed by atoms with E-state index >= 15 is 0 Å². The van der Waals surface area contributed by atoms with Crippen LogP contribution >= 0.6 is 0 Å². The molecular weight excluding hydrogens is 250 g/mol. The van der Waals surface area contributed by atoms with E-state index in [1.807, 2.05) is 12.1 Å². The highest BCUT2D eigenvalue weighted by Crippen LogP contribution is 2.32. The summed E-state index contributed by atoms with van der Waals surface area (Å²) in [5.41, 5.74) is 7.95. The van der Waals surface area contributed by atoms with Gasteiger partial charge >= 0.3 is 0 Å². The zero-order chi connectivity index (χ0) is 14.0. The van der Waals surface area contributed by atoms with Gasteiger partial charge in [-0.3, -0.25) is 4.79 Å². The van der Waals surface area contributed by atoms with E-state index in [0.717, 1.165) is 38.0 Å². The van der Waals surface area contributed by atoms with Crippen LogP contribution in [0.3, 0.4) is 0 Å². The highest BCUT2D eigenvalue weighted by Gasteiger charge is 2.34. The van der Waals surface area contributed by atoms with Crippen LogP contribution in [0.4, 0.5) is 11.4 Å². The molecule has 20 heavy (non-hydrogen) atoms. The summed E-state index contributed by atoms with van der Waals surface area (Å²) in [4.78, 5) is 14.3. The number of hydrogen-bond acceptors (Lipinski definition) is 3. The van der Waals surface area contributed by atoms with E-state index in [9.17, 15) is 4.79 Å². The highest BCUT2D eigenvalue weighted by atomic mass is 16.1. The van der Waals surface area contributed by atoms with Crippen LogP contribution in [-0.2, 0) is 4.79 Å². The van der Waals surface area contributed by atoms with Crippen molar-refractivity contribution >= 4 is 17.3 Å². The average molecular weight is 273 g/mol. The first-order chi connectivity index (χ1) is 9.65. The lowest BCUT2D eigenvalue weighted by molar-refractivity contribution is -0.118. The molecule has 1 amide bonds. The molecule has 1 aromatic carbocycles. The third-order valence-electron chi connectivity index (χ3n) is 4.48. The summed E-state index contributed by atoms with van der Waals surface area (Å²) in [5, 5.41) is 2.95. The number of rotatable bonds is 4. The third-order valence-corrected chi connectivity index (χ3v) is 4.48. The molecule has 4 heteroatoms. The largest absolute Gasteiger partial charge is 0.372 e. The maximum Gasteiger partial charge on any atom is 0.226 e. The monoisotopic (exact) mass is 273 g/mol. The van der Waals surface area contributed by atoms with Gasteiger partial charge in [0.25, 0.3) is 0 Å². The van der Waals surface area contributed by atoms with Crippen molar-refractivity contribution < 1.29 is 4.79 Å². The first-order valence-corrected chi connectivity index (χ1v) is 7.58. The fourth-order valence-corrected chi connectivity index (χ4v) is 3.06. The summed E-state index contributed by atoms with van der Waals surface area (Å²) >= 11 is 0. The maximum atomic E-state index is 12.0. The van der Waals surface area contributed by atoms with E-state index in [1.165, 1.54) is 18.5 Å². The molecule has 1 aromatic rings. The van der Waals surface area contributed by atoms with Crippen molar-refractivity contribution in [2.75, 3.05) is 23.3 Å². The van der Waals surface area contributed by atoms with E-state index in [4.69, 9.17) is 5.73 Å². The molecule has 0 bridgehead atoms. The SMILES string of the molecule is NC1(CC(=O)Nc2ccc(N3CCCC3)cc2)CCC1. The number of nitrogens with two attached hydrogens (primary N) is 1. The van der Waals surface area contributed by atoms with Gasteiger partial charge in [0.1, 0.15) is 0 Å². The van der Waals surface area contributed by atoms with Crippen LogP contribution < -0.4 is 16.0 Å². The van der Waals surface area contributed by atoms with Gasteiger partial charge in [-0.15, -0.1) is 0 Å². The minimum Gasteiger partial charge on any atom is -0.372 e. The predicted molar refractivity (Wildman–Crippen MR) is 81.9 cm³/mol. The molecule has 2 aliphatic rings. The summed E-state index contributed by atoms with van der Waals surface area (Å²) in [7, 11) is 0. The Morgan fingerprint density at radius 1 is 1.15 bits per heavy atom. The van der Waals surface area contributed by atoms with Crippen molar-refractivity contribution in [3.8, 4) is 0 Å². The molecule has 0 atom stereocenters. The van der Waals surface area contributed by atoms with Gasteiger partial charge in [-0.25, -0.2) is 0 Å². The van der Waals surface area contributed by atoms with Crippen molar-refractivity contribution in [2.45, 2.75) is 44.1 Å². The van der Waals surface area contributed by atoms with Crippen molar-refractivity contribution in [3.05, 3.63) is 24.3 Å². The summed E-state index contributed by atoms with van der Waals surface area (Å²) < 4.78 is 0. The van der Waals surface area contributed by atoms with Gasteiger partial charge in [-0.2, -0.15) is 0 Å². The van der Waals surface area contributed by atoms with Crippen molar-refractivity contribution in [1.29, 1.82) is 0 Å². The number of carbonyl (C=O) groups is 1. The molecule has 0 unspecified atom stereocenters. The molecule has 1 saturated heterocycles. The normalized spacial score (nSPS) is 20.6. The van der Waals surface area contributed by atoms with Crippen LogP contribution in [0.25, 0.3) is 0 Å². The number of nitrogens with one attached hydrogen (secondary N) is 1. The summed E-state index contributed by atoms with van der Waals surface area (Å²) in [6.07, 6.45) is 6.06. The quantitative estimate of drug-likeness (QED) is 0.886. The number of anilines is 2. The third kappa shape index (κ3) is 2.96. The number of nitrogens with zero attached hydrogens (tertiary/aromatic N) is 1. The lowest BCUT2D eigenvalue weighted by Crippen LogP contribution is -2.48. The molecule has 3 N–H and O–H groups in total. The fraction of sp³-hybridized carbons (Fsp3) is 0.562. The zero-order valence-corrected chi connectivity index (χ0v) is 11.9. The number of amides is 1. The Kier molecular flexibility index (Phi) is 3.66. The minimum atomic E-state index is -0.250. The standard InChI is InChI=1S/C16H23N3O/c17-16(8-3-9-16)12-15(20)18-13-4-6-14(7-5-13)19-10-1-2-11-19/h4-7H,1-3,8-12,17H2,(H,18,20). The Morgan fingerprint density at radius 3 is 2.35 bits per heavy atom. The Morgan fingerprint density at radius 2 is 1.80 bits per heavy atom. The van der Waals surface area contributed by atoms with E-state index in [2.05, 4.69) is 22.3 Å². The fourth-order valence-electron chi connectivity index (χ4n) is 3.06. The van der Waals surface area contributed by atoms with Crippen LogP contribution in [0.2, 0.25) is 0 Å². The molecule has 108 valence electrons. The van der Waals surface area contributed by atoms with E-state index in [1.54, 1.807) is 0 Å². The predicted octanol–water partition coefficient (Wildman–Crippen LogP) is 2.50. The second-order valence-electron chi connectivity index (χ2n) is 6.18. The molecule has 1 aliphatic heterocycles. The van der Waals surface area contributed by atoms with Crippen molar-refractivity contribution in [3.63, 3.8) is 0 Å². The molecule has 3 rings (SSSR count). The molecule has 1 aliphatic carbocycles. The van der Waals surface area contributed by atoms with Gasteiger partial charge in [0.05, 0.1) is 0 Å². The molecule has 1 heterocycles. The van der Waals surface area contributed by atoms with Gasteiger partial charge in [-0.1, -0.05) is 0 Å². The molecule has 2 fully saturated rings. The summed E-state index contributed by atoms with van der Waals surface area (Å²) in [5.74, 6) is 0.0288. The Hall–Kier alpha value is -1.55. The smallest absolute Gasteiger partial charge is 0.226 e. The van der Waals surface area contributed by atoms with Gasteiger partial charge in [0, 0.05) is 36.4 Å². The number of benzene rings is 1. The number of carbonyl (C=O) groups excluding carboxylic acids is 1. The van der Waals surface area contributed by atoms with Crippen molar-refractivity contribution in [1.82, 2.24) is 0 Å². The summed E-state index contributed by atoms with van der Waals surface area (Å²) in [6, 6.07) is 8.13. The molecule has 0 spiro atoms. The van der Waals surface area contributed by atoms with Gasteiger partial charge in [0.2, 0.25) is 5.91 Å². The van der Waals surface area contributed by atoms with Crippen LogP contribution in [0.5, 0.6) is 0 Å². The Bertz CT molecular complexity index is 473. The topological polar surface area (TPSA) is 58.4 Å². The van der Waals surface area contributed by atoms with Gasteiger partial charge < -0.3 is 16.0 Å². The average Bonchev–Trinajstić information content (AvgIpc) is 2.91. The molecule has 0 radical (unpaired) electrons. The Labute approximate surface area is 120 Å². The molecule has 1 saturated carbocycles. The first-order valence-electron chi connectivity index (χ1n) is 7.58. The van der Waals surface area contributed by atoms with Crippen LogP contribution in [-0.4, -0.2) is 24.5 Å². The molecule has 0 aromatic heterocycles. The van der Waals surface area contributed by atoms with Crippen molar-refractivity contribution in [2.24, 2.45) is 5.73 Å². The van der Waals surface area contributed by atoms with Crippen LogP contribution in [0, 0.1) is 0 Å². The van der Waals surface area contributed by atoms with E-state index < -0.39 is 0 Å². The van der Waals surface area contributed by atoms with E-state index in [-0.39, 0.29) is 11.4 Å². The molecule has 4 nitrogen and oxygen atoms in total. The number of hydrogen-bond donors (Lipinski definition) is 2. The molecular formula is C16H23N3O. The summed E-state index contributed by atoms with van der Waals surface area (Å²) in [6.45, 7) is 2.28. The highest BCUT2D eigenvalue weighted by molar-refractivity contribution is 5.91. The minimum absolute atomic E-state index is 0.0288. The Balaban J connectivity index is 1.56. The second-order valence-corrected chi connectivity index (χ2v) is 6.18. The maximum absolute atomic E-state index is 12.0. The second kappa shape index (κ2) is 5.44. The van der Waals surface area contributed by atoms with Crippen LogP contribution in [0.1, 0.15) is 38.5 Å². The lowest BCUT2D eigenvalue weighted by atomic mass is 9.75. The first kappa shape index (κ1) is 13.4. The van der Waals surface area contributed by atoms with Gasteiger partial charge in [0.15, 0.2) is 0 Å². The van der Waals surface area contributed by atoms with E-state index in [0.29, 0.717) is 6.42 Å². The van der Waals surface area contributed by atoms with Crippen LogP contribution in [0.15, 0.2) is 24.3 Å².